The molecule has 0 aromatic heterocycles. The fourth-order valence-electron chi connectivity index (χ4n) is 3.52. The first kappa shape index (κ1) is 15.7. The van der Waals surface area contributed by atoms with Crippen molar-refractivity contribution < 1.29 is 14.7 Å². The number of benzene rings is 1. The van der Waals surface area contributed by atoms with E-state index in [9.17, 15) is 14.7 Å². The van der Waals surface area contributed by atoms with Gasteiger partial charge in [-0.15, -0.1) is 0 Å². The van der Waals surface area contributed by atoms with Crippen LogP contribution in [-0.4, -0.2) is 16.9 Å². The van der Waals surface area contributed by atoms with E-state index in [1.165, 1.54) is 0 Å². The summed E-state index contributed by atoms with van der Waals surface area (Å²) in [5.74, 6) is -1.02. The van der Waals surface area contributed by atoms with Gasteiger partial charge in [-0.2, -0.15) is 0 Å². The second kappa shape index (κ2) is 6.88. The Bertz CT molecular complexity index is 486. The first-order valence-corrected chi connectivity index (χ1v) is 7.81. The number of carbonyl (C=O) groups excluding carboxylic acids is 1. The first-order chi connectivity index (χ1) is 10.0. The molecule has 1 saturated carbocycles. The van der Waals surface area contributed by atoms with Gasteiger partial charge in [0.05, 0.1) is 5.92 Å². The minimum Gasteiger partial charge on any atom is -0.481 e. The number of carboxylic acids is 1. The maximum Gasteiger partial charge on any atom is 0.306 e. The Morgan fingerprint density at radius 2 is 1.81 bits per heavy atom. The predicted octanol–water partition coefficient (Wildman–Crippen LogP) is 3.86. The summed E-state index contributed by atoms with van der Waals surface area (Å²) in [4.78, 5) is 23.6. The monoisotopic (exact) mass is 288 g/mol. The topological polar surface area (TPSA) is 54.4 Å². The van der Waals surface area contributed by atoms with E-state index in [0.29, 0.717) is 12.8 Å². The maximum atomic E-state index is 12.0. The molecule has 0 heterocycles. The molecule has 3 nitrogen and oxygen atoms in total. The van der Waals surface area contributed by atoms with Crippen LogP contribution in [0.2, 0.25) is 0 Å². The molecular weight excluding hydrogens is 264 g/mol. The maximum absolute atomic E-state index is 12.0. The minimum absolute atomic E-state index is 0.172. The Labute approximate surface area is 126 Å². The van der Waals surface area contributed by atoms with Crippen molar-refractivity contribution >= 4 is 11.8 Å². The van der Waals surface area contributed by atoms with Crippen molar-refractivity contribution in [1.82, 2.24) is 0 Å². The van der Waals surface area contributed by atoms with Crippen molar-refractivity contribution in [3.63, 3.8) is 0 Å². The van der Waals surface area contributed by atoms with Crippen molar-refractivity contribution in [2.24, 2.45) is 11.3 Å². The van der Waals surface area contributed by atoms with Crippen LogP contribution in [0, 0.1) is 11.3 Å². The van der Waals surface area contributed by atoms with E-state index in [-0.39, 0.29) is 11.2 Å². The Kier molecular flexibility index (Phi) is 5.16. The van der Waals surface area contributed by atoms with Gasteiger partial charge in [-0.05, 0) is 44.6 Å². The highest BCUT2D eigenvalue weighted by atomic mass is 16.4. The van der Waals surface area contributed by atoms with E-state index in [2.05, 4.69) is 0 Å². The number of hydrogen-bond acceptors (Lipinski definition) is 2. The van der Waals surface area contributed by atoms with Crippen LogP contribution in [0.15, 0.2) is 30.3 Å². The molecule has 3 heteroatoms. The molecule has 114 valence electrons. The van der Waals surface area contributed by atoms with Crippen molar-refractivity contribution in [2.75, 3.05) is 0 Å². The Balaban J connectivity index is 2.02. The molecule has 1 N–H and O–H groups in total. The lowest BCUT2D eigenvalue weighted by molar-refractivity contribution is -0.144. The van der Waals surface area contributed by atoms with Crippen LogP contribution < -0.4 is 0 Å². The van der Waals surface area contributed by atoms with Gasteiger partial charge in [-0.25, -0.2) is 0 Å². The van der Waals surface area contributed by atoms with Gasteiger partial charge in [-0.3, -0.25) is 9.59 Å². The van der Waals surface area contributed by atoms with E-state index in [1.54, 1.807) is 6.92 Å². The minimum atomic E-state index is -0.765. The van der Waals surface area contributed by atoms with E-state index >= 15 is 0 Å². The number of carbonyl (C=O) groups is 2. The van der Waals surface area contributed by atoms with Crippen molar-refractivity contribution in [3.05, 3.63) is 35.9 Å². The van der Waals surface area contributed by atoms with E-state index < -0.39 is 11.9 Å². The normalized spacial score (nSPS) is 18.3. The molecule has 2 rings (SSSR count). The number of Topliss-reactive ketones (excluding diaryl/α,β-unsaturated/α-hetero) is 1. The molecule has 0 radical (unpaired) electrons. The van der Waals surface area contributed by atoms with Gasteiger partial charge in [0, 0.05) is 5.41 Å². The molecule has 0 bridgehead atoms. The highest BCUT2D eigenvalue weighted by Crippen LogP contribution is 2.44. The molecule has 1 fully saturated rings. The summed E-state index contributed by atoms with van der Waals surface area (Å²) in [5.41, 5.74) is 0.784. The van der Waals surface area contributed by atoms with Gasteiger partial charge in [0.2, 0.25) is 0 Å². The molecule has 1 aliphatic carbocycles. The molecule has 1 unspecified atom stereocenters. The van der Waals surface area contributed by atoms with Crippen molar-refractivity contribution in [2.45, 2.75) is 51.9 Å². The largest absolute Gasteiger partial charge is 0.481 e. The van der Waals surface area contributed by atoms with Crippen LogP contribution in [0.5, 0.6) is 0 Å². The smallest absolute Gasteiger partial charge is 0.306 e. The summed E-state index contributed by atoms with van der Waals surface area (Å²) < 4.78 is 0. The molecule has 21 heavy (non-hydrogen) atoms. The lowest BCUT2D eigenvalue weighted by Crippen LogP contribution is -2.31. The number of ketones is 1. The second-order valence-corrected chi connectivity index (χ2v) is 6.31. The summed E-state index contributed by atoms with van der Waals surface area (Å²) in [6, 6.07) is 9.95. The van der Waals surface area contributed by atoms with Gasteiger partial charge in [0.1, 0.15) is 5.78 Å². The van der Waals surface area contributed by atoms with Crippen LogP contribution in [0.25, 0.3) is 0 Å². The number of hydrogen-bond donors (Lipinski definition) is 1. The van der Waals surface area contributed by atoms with Gasteiger partial charge in [0.15, 0.2) is 0 Å². The number of aliphatic carboxylic acids is 1. The number of rotatable bonds is 7. The molecule has 1 atom stereocenters. The molecule has 0 spiro atoms. The lowest BCUT2D eigenvalue weighted by atomic mass is 9.73. The van der Waals surface area contributed by atoms with Gasteiger partial charge in [-0.1, -0.05) is 43.2 Å². The van der Waals surface area contributed by atoms with Crippen LogP contribution in [-0.2, 0) is 16.0 Å². The number of carboxylic acid groups (broad SMARTS) is 1. The SMILES string of the molecule is CC(=O)C1(CC(CCc2ccccc2)C(=O)O)CCCC1. The van der Waals surface area contributed by atoms with E-state index in [1.807, 2.05) is 30.3 Å². The quantitative estimate of drug-likeness (QED) is 0.829. The average Bonchev–Trinajstić information content (AvgIpc) is 2.94. The molecular formula is C18H24O3. The van der Waals surface area contributed by atoms with Gasteiger partial charge in [0.25, 0.3) is 0 Å². The van der Waals surface area contributed by atoms with Crippen LogP contribution in [0.4, 0.5) is 0 Å². The summed E-state index contributed by atoms with van der Waals surface area (Å²) in [6.07, 6.45) is 5.68. The summed E-state index contributed by atoms with van der Waals surface area (Å²) in [7, 11) is 0. The molecule has 0 saturated heterocycles. The zero-order valence-corrected chi connectivity index (χ0v) is 12.7. The fourth-order valence-corrected chi connectivity index (χ4v) is 3.52. The number of aryl methyl sites for hydroxylation is 1. The molecule has 0 amide bonds. The summed E-state index contributed by atoms with van der Waals surface area (Å²) in [6.45, 7) is 1.63. The molecule has 0 aliphatic heterocycles. The van der Waals surface area contributed by atoms with Crippen LogP contribution >= 0.6 is 0 Å². The third-order valence-electron chi connectivity index (χ3n) is 4.92. The highest BCUT2D eigenvalue weighted by Gasteiger charge is 2.41. The Morgan fingerprint density at radius 1 is 1.19 bits per heavy atom. The fraction of sp³-hybridized carbons (Fsp3) is 0.556. The van der Waals surface area contributed by atoms with E-state index in [4.69, 9.17) is 0 Å². The van der Waals surface area contributed by atoms with Gasteiger partial charge < -0.3 is 5.11 Å². The van der Waals surface area contributed by atoms with Crippen LogP contribution in [0.3, 0.4) is 0 Å². The van der Waals surface area contributed by atoms with Crippen LogP contribution in [0.1, 0.15) is 51.0 Å². The summed E-state index contributed by atoms with van der Waals surface area (Å²) in [5, 5.41) is 9.50. The third-order valence-corrected chi connectivity index (χ3v) is 4.92. The Morgan fingerprint density at radius 3 is 2.33 bits per heavy atom. The highest BCUT2D eigenvalue weighted by molar-refractivity contribution is 5.83. The molecule has 1 aliphatic rings. The summed E-state index contributed by atoms with van der Waals surface area (Å²) >= 11 is 0. The zero-order valence-electron chi connectivity index (χ0n) is 12.7. The molecule has 1 aromatic rings. The first-order valence-electron chi connectivity index (χ1n) is 7.81. The van der Waals surface area contributed by atoms with Gasteiger partial charge >= 0.3 is 5.97 Å². The lowest BCUT2D eigenvalue weighted by Gasteiger charge is -2.29. The zero-order chi connectivity index (χ0) is 15.3. The average molecular weight is 288 g/mol. The van der Waals surface area contributed by atoms with E-state index in [0.717, 1.165) is 37.7 Å². The molecule has 1 aromatic carbocycles. The second-order valence-electron chi connectivity index (χ2n) is 6.31. The van der Waals surface area contributed by atoms with Crippen molar-refractivity contribution in [1.29, 1.82) is 0 Å². The predicted molar refractivity (Wildman–Crippen MR) is 82.1 cm³/mol. The standard InChI is InChI=1S/C18H24O3/c1-14(19)18(11-5-6-12-18)13-16(17(20)21)10-9-15-7-3-2-4-8-15/h2-4,7-8,16H,5-6,9-13H2,1H3,(H,20,21). The Hall–Kier alpha value is -1.64. The third kappa shape index (κ3) is 3.93. The van der Waals surface area contributed by atoms with Crippen molar-refractivity contribution in [3.8, 4) is 0 Å².